The molecule has 0 bridgehead atoms. The molecular formula is C15H18N2O. The van der Waals surface area contributed by atoms with Crippen molar-refractivity contribution in [2.75, 3.05) is 0 Å². The van der Waals surface area contributed by atoms with Gasteiger partial charge in [0.2, 0.25) is 0 Å². The van der Waals surface area contributed by atoms with Gasteiger partial charge in [0.25, 0.3) is 0 Å². The molecule has 0 aliphatic rings. The van der Waals surface area contributed by atoms with E-state index < -0.39 is 5.60 Å². The van der Waals surface area contributed by atoms with Gasteiger partial charge in [-0.25, -0.2) is 4.98 Å². The molecule has 0 aliphatic carbocycles. The van der Waals surface area contributed by atoms with Crippen LogP contribution in [0.25, 0.3) is 6.08 Å². The molecule has 0 fully saturated rings. The topological polar surface area (TPSA) is 38.1 Å². The Bertz CT molecular complexity index is 553. The summed E-state index contributed by atoms with van der Waals surface area (Å²) in [5.41, 5.74) is 1.74. The largest absolute Gasteiger partial charge is 0.379 e. The predicted molar refractivity (Wildman–Crippen MR) is 72.9 cm³/mol. The van der Waals surface area contributed by atoms with Gasteiger partial charge in [-0.2, -0.15) is 0 Å². The molecular weight excluding hydrogens is 224 g/mol. The van der Waals surface area contributed by atoms with Crippen LogP contribution in [0.3, 0.4) is 0 Å². The smallest absolute Gasteiger partial charge is 0.124 e. The van der Waals surface area contributed by atoms with Crippen molar-refractivity contribution in [1.82, 2.24) is 9.55 Å². The van der Waals surface area contributed by atoms with Gasteiger partial charge in [0.1, 0.15) is 5.60 Å². The molecule has 0 aliphatic heterocycles. The van der Waals surface area contributed by atoms with E-state index in [0.29, 0.717) is 0 Å². The van der Waals surface area contributed by atoms with E-state index in [4.69, 9.17) is 0 Å². The summed E-state index contributed by atoms with van der Waals surface area (Å²) in [4.78, 5) is 4.05. The van der Waals surface area contributed by atoms with Crippen molar-refractivity contribution in [1.29, 1.82) is 0 Å². The summed E-state index contributed by atoms with van der Waals surface area (Å²) in [5, 5.41) is 10.7. The summed E-state index contributed by atoms with van der Waals surface area (Å²) >= 11 is 0. The van der Waals surface area contributed by atoms with Crippen LogP contribution in [0.5, 0.6) is 0 Å². The third kappa shape index (κ3) is 2.36. The second-order valence-electron chi connectivity index (χ2n) is 4.70. The highest BCUT2D eigenvalue weighted by molar-refractivity contribution is 5.54. The van der Waals surface area contributed by atoms with Crippen molar-refractivity contribution in [3.05, 3.63) is 59.7 Å². The Hall–Kier alpha value is -1.87. The number of aliphatic hydroxyl groups is 1. The van der Waals surface area contributed by atoms with Crippen molar-refractivity contribution in [3.63, 3.8) is 0 Å². The zero-order valence-corrected chi connectivity index (χ0v) is 11.0. The normalized spacial score (nSPS) is 15.4. The van der Waals surface area contributed by atoms with Crippen molar-refractivity contribution >= 4 is 6.08 Å². The summed E-state index contributed by atoms with van der Waals surface area (Å²) in [7, 11) is 1.88. The van der Waals surface area contributed by atoms with Crippen LogP contribution in [0.2, 0.25) is 0 Å². The molecule has 0 saturated heterocycles. The maximum Gasteiger partial charge on any atom is 0.124 e. The molecule has 1 aromatic heterocycles. The van der Waals surface area contributed by atoms with E-state index in [1.165, 1.54) is 0 Å². The third-order valence-electron chi connectivity index (χ3n) is 3.27. The molecule has 0 spiro atoms. The Kier molecular flexibility index (Phi) is 3.34. The maximum absolute atomic E-state index is 10.7. The van der Waals surface area contributed by atoms with Gasteiger partial charge in [0.15, 0.2) is 0 Å². The predicted octanol–water partition coefficient (Wildman–Crippen LogP) is 2.73. The van der Waals surface area contributed by atoms with Crippen molar-refractivity contribution in [2.45, 2.75) is 19.4 Å². The average Bonchev–Trinajstić information content (AvgIpc) is 2.77. The van der Waals surface area contributed by atoms with Crippen molar-refractivity contribution in [3.8, 4) is 0 Å². The van der Waals surface area contributed by atoms with Crippen LogP contribution in [-0.2, 0) is 12.6 Å². The van der Waals surface area contributed by atoms with Crippen LogP contribution in [0.15, 0.2) is 48.4 Å². The van der Waals surface area contributed by atoms with Gasteiger partial charge in [-0.1, -0.05) is 36.4 Å². The molecule has 3 nitrogen and oxygen atoms in total. The van der Waals surface area contributed by atoms with Crippen molar-refractivity contribution < 1.29 is 5.11 Å². The monoisotopic (exact) mass is 242 g/mol. The summed E-state index contributed by atoms with van der Waals surface area (Å²) in [6, 6.07) is 9.98. The molecule has 2 rings (SSSR count). The Balaban J connectivity index is 2.36. The fourth-order valence-corrected chi connectivity index (χ4v) is 1.97. The van der Waals surface area contributed by atoms with Crippen LogP contribution in [0, 0.1) is 0 Å². The van der Waals surface area contributed by atoms with Gasteiger partial charge in [0.05, 0.1) is 18.2 Å². The molecule has 0 amide bonds. The molecule has 0 radical (unpaired) electrons. The first-order valence-corrected chi connectivity index (χ1v) is 5.95. The number of aromatic nitrogens is 2. The molecule has 3 heteroatoms. The molecule has 1 heterocycles. The molecule has 94 valence electrons. The first kappa shape index (κ1) is 12.6. The van der Waals surface area contributed by atoms with Gasteiger partial charge < -0.3 is 9.67 Å². The van der Waals surface area contributed by atoms with E-state index in [-0.39, 0.29) is 0 Å². The number of nitrogens with zero attached hydrogens (tertiary/aromatic N) is 2. The first-order valence-electron chi connectivity index (χ1n) is 5.95. The Morgan fingerprint density at radius 2 is 2.00 bits per heavy atom. The van der Waals surface area contributed by atoms with Crippen LogP contribution in [-0.4, -0.2) is 14.7 Å². The molecule has 0 saturated carbocycles. The van der Waals surface area contributed by atoms with Crippen LogP contribution in [0.4, 0.5) is 0 Å². The lowest BCUT2D eigenvalue weighted by molar-refractivity contribution is 0.0907. The van der Waals surface area contributed by atoms with E-state index in [1.54, 1.807) is 19.4 Å². The lowest BCUT2D eigenvalue weighted by Crippen LogP contribution is -2.25. The fourth-order valence-electron chi connectivity index (χ4n) is 1.97. The van der Waals surface area contributed by atoms with Crippen LogP contribution < -0.4 is 0 Å². The highest BCUT2D eigenvalue weighted by atomic mass is 16.3. The van der Waals surface area contributed by atoms with Gasteiger partial charge in [-0.05, 0) is 25.0 Å². The first-order chi connectivity index (χ1) is 8.51. The zero-order chi connectivity index (χ0) is 13.2. The molecule has 18 heavy (non-hydrogen) atoms. The lowest BCUT2D eigenvalue weighted by Gasteiger charge is -2.25. The molecule has 1 aromatic carbocycles. The minimum atomic E-state index is -1.01. The SMILES string of the molecule is C/C(=C\c1ccccc1)C(C)(O)c1cncn1C. The van der Waals surface area contributed by atoms with Gasteiger partial charge >= 0.3 is 0 Å². The molecule has 1 unspecified atom stereocenters. The number of aryl methyl sites for hydroxylation is 1. The zero-order valence-electron chi connectivity index (χ0n) is 11.0. The number of hydrogen-bond donors (Lipinski definition) is 1. The summed E-state index contributed by atoms with van der Waals surface area (Å²) in [5.74, 6) is 0. The van der Waals surface area contributed by atoms with Crippen molar-refractivity contribution in [2.24, 2.45) is 7.05 Å². The Labute approximate surface area is 107 Å². The Morgan fingerprint density at radius 3 is 2.56 bits per heavy atom. The molecule has 1 atom stereocenters. The summed E-state index contributed by atoms with van der Waals surface area (Å²) in [6.45, 7) is 3.72. The lowest BCUT2D eigenvalue weighted by atomic mass is 9.92. The van der Waals surface area contributed by atoms with E-state index in [0.717, 1.165) is 16.8 Å². The minimum absolute atomic E-state index is 0.784. The highest BCUT2D eigenvalue weighted by Gasteiger charge is 2.28. The standard InChI is InChI=1S/C15H18N2O/c1-12(9-13-7-5-4-6-8-13)15(2,18)14-10-16-11-17(14)3/h4-11,18H,1-3H3/b12-9+. The van der Waals surface area contributed by atoms with Crippen LogP contribution >= 0.6 is 0 Å². The minimum Gasteiger partial charge on any atom is -0.379 e. The second kappa shape index (κ2) is 4.78. The quantitative estimate of drug-likeness (QED) is 0.898. The number of imidazole rings is 1. The number of benzene rings is 1. The highest BCUT2D eigenvalue weighted by Crippen LogP contribution is 2.29. The van der Waals surface area contributed by atoms with E-state index in [2.05, 4.69) is 4.98 Å². The van der Waals surface area contributed by atoms with E-state index >= 15 is 0 Å². The Morgan fingerprint density at radius 1 is 1.33 bits per heavy atom. The van der Waals surface area contributed by atoms with Gasteiger partial charge in [-0.15, -0.1) is 0 Å². The van der Waals surface area contributed by atoms with Gasteiger partial charge in [0, 0.05) is 7.05 Å². The van der Waals surface area contributed by atoms with Gasteiger partial charge in [-0.3, -0.25) is 0 Å². The summed E-state index contributed by atoms with van der Waals surface area (Å²) < 4.78 is 1.84. The molecule has 1 N–H and O–H groups in total. The second-order valence-corrected chi connectivity index (χ2v) is 4.70. The number of hydrogen-bond acceptors (Lipinski definition) is 2. The maximum atomic E-state index is 10.7. The fraction of sp³-hybridized carbons (Fsp3) is 0.267. The average molecular weight is 242 g/mol. The molecule has 2 aromatic rings. The van der Waals surface area contributed by atoms with E-state index in [9.17, 15) is 5.11 Å². The van der Waals surface area contributed by atoms with Crippen LogP contribution in [0.1, 0.15) is 25.1 Å². The summed E-state index contributed by atoms with van der Waals surface area (Å²) in [6.07, 6.45) is 5.38. The third-order valence-corrected chi connectivity index (χ3v) is 3.27. The number of rotatable bonds is 3. The van der Waals surface area contributed by atoms with E-state index in [1.807, 2.05) is 54.9 Å².